The zero-order valence-electron chi connectivity index (χ0n) is 26.9. The third-order valence-corrected chi connectivity index (χ3v) is 9.05. The van der Waals surface area contributed by atoms with Gasteiger partial charge in [0.2, 0.25) is 5.91 Å². The van der Waals surface area contributed by atoms with E-state index in [9.17, 15) is 9.59 Å². The van der Waals surface area contributed by atoms with E-state index in [0.717, 1.165) is 58.5 Å². The molecule has 0 radical (unpaired) electrons. The van der Waals surface area contributed by atoms with Gasteiger partial charge in [-0.05, 0) is 85.1 Å². The van der Waals surface area contributed by atoms with Crippen molar-refractivity contribution in [2.75, 3.05) is 25.4 Å². The largest absolute Gasteiger partial charge is 0.383 e. The Morgan fingerprint density at radius 3 is 2.48 bits per heavy atom. The molecule has 0 spiro atoms. The van der Waals surface area contributed by atoms with Crippen LogP contribution in [0.4, 0.5) is 5.82 Å². The molecule has 7 heteroatoms. The van der Waals surface area contributed by atoms with Gasteiger partial charge in [0.15, 0.2) is 5.78 Å². The van der Waals surface area contributed by atoms with Crippen molar-refractivity contribution in [3.63, 3.8) is 0 Å². The number of nitrogens with two attached hydrogens (primary N) is 1. The number of anilines is 1. The normalized spacial score (nSPS) is 15.0. The maximum atomic E-state index is 13.9. The Balaban J connectivity index is 0.00000480. The van der Waals surface area contributed by atoms with E-state index in [0.29, 0.717) is 25.1 Å². The summed E-state index contributed by atoms with van der Waals surface area (Å²) in [6.07, 6.45) is 9.80. The highest BCUT2D eigenvalue weighted by molar-refractivity contribution is 5.93. The zero-order chi connectivity index (χ0) is 31.6. The van der Waals surface area contributed by atoms with Crippen molar-refractivity contribution in [3.05, 3.63) is 84.1 Å². The van der Waals surface area contributed by atoms with Crippen LogP contribution < -0.4 is 16.4 Å². The SMILES string of the molecule is C.CC(C)N[C@H](CCCCN1CCCCC1)C(=O)N[C@@H](Cc1cccc2ccccc12)C(=O)CCc1ccc2c(N)nccc2c1. The summed E-state index contributed by atoms with van der Waals surface area (Å²) in [6, 6.07) is 21.6. The number of unbranched alkanes of at least 4 members (excludes halogenated alkanes) is 1. The second-order valence-corrected chi connectivity index (χ2v) is 12.9. The van der Waals surface area contributed by atoms with Crippen LogP contribution in [0.3, 0.4) is 0 Å². The molecular formula is C39H53N5O2. The summed E-state index contributed by atoms with van der Waals surface area (Å²) in [6.45, 7) is 7.61. The number of hydrogen-bond donors (Lipinski definition) is 3. The topological polar surface area (TPSA) is 100 Å². The molecule has 2 atom stereocenters. The van der Waals surface area contributed by atoms with Crippen molar-refractivity contribution in [1.82, 2.24) is 20.5 Å². The van der Waals surface area contributed by atoms with Gasteiger partial charge in [-0.1, -0.05) is 94.8 Å². The number of likely N-dealkylation sites (tertiary alicyclic amines) is 1. The quantitative estimate of drug-likeness (QED) is 0.125. The average Bonchev–Trinajstić information content (AvgIpc) is 3.05. The number of hydrogen-bond acceptors (Lipinski definition) is 6. The lowest BCUT2D eigenvalue weighted by atomic mass is 9.94. The van der Waals surface area contributed by atoms with Gasteiger partial charge in [-0.2, -0.15) is 0 Å². The third-order valence-electron chi connectivity index (χ3n) is 9.05. The van der Waals surface area contributed by atoms with Gasteiger partial charge in [-0.25, -0.2) is 4.98 Å². The molecule has 1 aromatic heterocycles. The Labute approximate surface area is 275 Å². The molecule has 1 aliphatic rings. The van der Waals surface area contributed by atoms with Crippen LogP contribution >= 0.6 is 0 Å². The van der Waals surface area contributed by atoms with E-state index in [-0.39, 0.29) is 31.2 Å². The number of pyridine rings is 1. The van der Waals surface area contributed by atoms with Crippen LogP contribution in [0.5, 0.6) is 0 Å². The van der Waals surface area contributed by atoms with Crippen molar-refractivity contribution in [1.29, 1.82) is 0 Å². The summed E-state index contributed by atoms with van der Waals surface area (Å²) in [5.41, 5.74) is 8.17. The predicted molar refractivity (Wildman–Crippen MR) is 192 cm³/mol. The Morgan fingerprint density at radius 2 is 1.67 bits per heavy atom. The molecule has 46 heavy (non-hydrogen) atoms. The van der Waals surface area contributed by atoms with Crippen LogP contribution in [-0.4, -0.2) is 59.3 Å². The number of benzene rings is 3. The van der Waals surface area contributed by atoms with Gasteiger partial charge in [-0.3, -0.25) is 9.59 Å². The number of carbonyl (C=O) groups is 2. The Hall–Kier alpha value is -3.81. The van der Waals surface area contributed by atoms with Crippen LogP contribution in [0.1, 0.15) is 77.3 Å². The number of amides is 1. The first kappa shape index (κ1) is 35.1. The summed E-state index contributed by atoms with van der Waals surface area (Å²) < 4.78 is 0. The maximum Gasteiger partial charge on any atom is 0.237 e. The van der Waals surface area contributed by atoms with Crippen molar-refractivity contribution >= 4 is 39.1 Å². The molecule has 7 nitrogen and oxygen atoms in total. The monoisotopic (exact) mass is 623 g/mol. The number of aromatic nitrogens is 1. The van der Waals surface area contributed by atoms with Crippen LogP contribution in [0.15, 0.2) is 72.9 Å². The fraction of sp³-hybridized carbons (Fsp3) is 0.462. The fourth-order valence-corrected chi connectivity index (χ4v) is 6.62. The van der Waals surface area contributed by atoms with Gasteiger partial charge < -0.3 is 21.3 Å². The van der Waals surface area contributed by atoms with E-state index in [1.807, 2.05) is 36.4 Å². The summed E-state index contributed by atoms with van der Waals surface area (Å²) in [5.74, 6) is 0.456. The van der Waals surface area contributed by atoms with E-state index in [4.69, 9.17) is 5.73 Å². The molecule has 0 unspecified atom stereocenters. The fourth-order valence-electron chi connectivity index (χ4n) is 6.62. The van der Waals surface area contributed by atoms with Crippen molar-refractivity contribution in [2.45, 2.75) is 97.2 Å². The summed E-state index contributed by atoms with van der Waals surface area (Å²) >= 11 is 0. The molecule has 5 rings (SSSR count). The molecule has 2 heterocycles. The molecule has 0 saturated carbocycles. The number of piperidine rings is 1. The molecule has 4 aromatic rings. The van der Waals surface area contributed by atoms with Gasteiger partial charge in [0.25, 0.3) is 0 Å². The zero-order valence-corrected chi connectivity index (χ0v) is 26.9. The van der Waals surface area contributed by atoms with E-state index in [2.05, 4.69) is 64.7 Å². The molecule has 0 bridgehead atoms. The highest BCUT2D eigenvalue weighted by Crippen LogP contribution is 2.23. The van der Waals surface area contributed by atoms with Crippen molar-refractivity contribution in [3.8, 4) is 0 Å². The number of carbonyl (C=O) groups excluding carboxylic acids is 2. The smallest absolute Gasteiger partial charge is 0.237 e. The second-order valence-electron chi connectivity index (χ2n) is 12.9. The van der Waals surface area contributed by atoms with Gasteiger partial charge in [0.1, 0.15) is 5.82 Å². The van der Waals surface area contributed by atoms with Crippen LogP contribution in [-0.2, 0) is 22.4 Å². The number of aryl methyl sites for hydroxylation is 1. The molecule has 1 saturated heterocycles. The summed E-state index contributed by atoms with van der Waals surface area (Å²) in [5, 5.41) is 10.9. The highest BCUT2D eigenvalue weighted by atomic mass is 16.2. The van der Waals surface area contributed by atoms with E-state index >= 15 is 0 Å². The molecule has 0 aliphatic carbocycles. The Bertz CT molecular complexity index is 1570. The molecule has 1 fully saturated rings. The van der Waals surface area contributed by atoms with Gasteiger partial charge in [-0.15, -0.1) is 0 Å². The van der Waals surface area contributed by atoms with Crippen LogP contribution in [0.2, 0.25) is 0 Å². The molecular weight excluding hydrogens is 570 g/mol. The van der Waals surface area contributed by atoms with Gasteiger partial charge in [0.05, 0.1) is 12.1 Å². The molecule has 1 aliphatic heterocycles. The minimum atomic E-state index is -0.617. The number of nitrogens with zero attached hydrogens (tertiary/aromatic N) is 2. The Morgan fingerprint density at radius 1 is 0.891 bits per heavy atom. The average molecular weight is 624 g/mol. The minimum Gasteiger partial charge on any atom is -0.383 e. The van der Waals surface area contributed by atoms with E-state index in [1.54, 1.807) is 6.20 Å². The van der Waals surface area contributed by atoms with Gasteiger partial charge in [0, 0.05) is 30.5 Å². The number of nitrogen functional groups attached to an aromatic ring is 1. The molecule has 246 valence electrons. The lowest BCUT2D eigenvalue weighted by molar-refractivity contribution is -0.129. The van der Waals surface area contributed by atoms with E-state index < -0.39 is 6.04 Å². The lowest BCUT2D eigenvalue weighted by Crippen LogP contribution is -2.52. The Kier molecular flexibility index (Phi) is 13.1. The minimum absolute atomic E-state index is 0. The van der Waals surface area contributed by atoms with Gasteiger partial charge >= 0.3 is 0 Å². The first-order valence-corrected chi connectivity index (χ1v) is 16.8. The lowest BCUT2D eigenvalue weighted by Gasteiger charge is -2.27. The van der Waals surface area contributed by atoms with Crippen LogP contribution in [0.25, 0.3) is 21.5 Å². The number of nitrogens with one attached hydrogen (secondary N) is 2. The molecule has 4 N–H and O–H groups in total. The second kappa shape index (κ2) is 17.2. The predicted octanol–water partition coefficient (Wildman–Crippen LogP) is 6.86. The standard InChI is InChI=1S/C38H49N5O2.CH4/c1-27(2)41-34(15-6-9-24-43-22-7-3-8-23-43)38(45)42-35(26-30-13-10-12-29-11-4-5-14-32(29)30)36(44)19-17-28-16-18-33-31(25-28)20-21-40-37(33)39;/h4-5,10-14,16,18,20-21,25,27,34-35,41H,3,6-9,15,17,19,22-24,26H2,1-2H3,(H2,39,40)(H,42,45);1H4/t34-,35+;/m1./s1. The molecule has 3 aromatic carbocycles. The van der Waals surface area contributed by atoms with E-state index in [1.165, 1.54) is 32.4 Å². The first-order chi connectivity index (χ1) is 21.9. The highest BCUT2D eigenvalue weighted by Gasteiger charge is 2.26. The summed E-state index contributed by atoms with van der Waals surface area (Å²) in [7, 11) is 0. The maximum absolute atomic E-state index is 13.9. The van der Waals surface area contributed by atoms with Crippen LogP contribution in [0, 0.1) is 0 Å². The molecule has 1 amide bonds. The number of fused-ring (bicyclic) bond motifs is 2. The van der Waals surface area contributed by atoms with Crippen molar-refractivity contribution in [2.24, 2.45) is 0 Å². The first-order valence-electron chi connectivity index (χ1n) is 16.8. The number of rotatable bonds is 15. The summed E-state index contributed by atoms with van der Waals surface area (Å²) in [4.78, 5) is 34.5. The number of ketones is 1. The third kappa shape index (κ3) is 9.60. The van der Waals surface area contributed by atoms with Crippen molar-refractivity contribution < 1.29 is 9.59 Å². The number of Topliss-reactive ketones (excluding diaryl/α,β-unsaturated/α-hetero) is 1.